The minimum absolute atomic E-state index is 0.0149. The van der Waals surface area contributed by atoms with E-state index < -0.39 is 0 Å². The van der Waals surface area contributed by atoms with Crippen molar-refractivity contribution >= 4 is 35.2 Å². The first-order valence-corrected chi connectivity index (χ1v) is 15.3. The molecule has 2 saturated carbocycles. The van der Waals surface area contributed by atoms with Crippen LogP contribution in [-0.2, 0) is 28.7 Å². The smallest absolute Gasteiger partial charge is 0.305 e. The third-order valence-electron chi connectivity index (χ3n) is 9.94. The van der Waals surface area contributed by atoms with Crippen molar-refractivity contribution in [1.82, 2.24) is 10.9 Å². The van der Waals surface area contributed by atoms with Crippen molar-refractivity contribution in [1.29, 1.82) is 0 Å². The van der Waals surface area contributed by atoms with E-state index in [9.17, 15) is 19.2 Å². The third-order valence-corrected chi connectivity index (χ3v) is 9.94. The lowest BCUT2D eigenvalue weighted by molar-refractivity contribution is -0.147. The van der Waals surface area contributed by atoms with Gasteiger partial charge >= 0.3 is 11.9 Å². The molecule has 230 valence electrons. The first-order valence-electron chi connectivity index (χ1n) is 15.3. The number of nitrogens with zero attached hydrogens (tertiary/aromatic N) is 2. The normalized spacial score (nSPS) is 33.6. The molecule has 10 nitrogen and oxygen atoms in total. The zero-order valence-electron chi connectivity index (χ0n) is 25.8. The fraction of sp³-hybridized carbons (Fsp3) is 0.806. The highest BCUT2D eigenvalue weighted by molar-refractivity contribution is 5.88. The molecule has 0 aromatic heterocycles. The van der Waals surface area contributed by atoms with Gasteiger partial charge in [0.2, 0.25) is 11.8 Å². The molecule has 6 aliphatic rings. The van der Waals surface area contributed by atoms with Crippen LogP contribution in [-0.4, -0.2) is 48.4 Å². The number of nitrogens with one attached hydrogen (secondary N) is 2. The third kappa shape index (κ3) is 8.85. The first kappa shape index (κ1) is 32.7. The van der Waals surface area contributed by atoms with E-state index in [2.05, 4.69) is 48.7 Å². The molecule has 0 radical (unpaired) electrons. The van der Waals surface area contributed by atoms with Crippen LogP contribution in [0.1, 0.15) is 112 Å². The monoisotopic (exact) mass is 574 g/mol. The van der Waals surface area contributed by atoms with E-state index in [1.807, 2.05) is 13.8 Å². The number of amides is 2. The van der Waals surface area contributed by atoms with Crippen molar-refractivity contribution in [3.8, 4) is 0 Å². The molecule has 41 heavy (non-hydrogen) atoms. The van der Waals surface area contributed by atoms with Gasteiger partial charge in [0.05, 0.1) is 13.2 Å². The van der Waals surface area contributed by atoms with Crippen LogP contribution in [0.15, 0.2) is 10.2 Å². The van der Waals surface area contributed by atoms with Crippen molar-refractivity contribution < 1.29 is 28.7 Å². The van der Waals surface area contributed by atoms with Gasteiger partial charge in [-0.2, -0.15) is 10.2 Å². The molecule has 2 aliphatic carbocycles. The molecular weight excluding hydrogens is 524 g/mol. The summed E-state index contributed by atoms with van der Waals surface area (Å²) in [5.41, 5.74) is 7.01. The summed E-state index contributed by atoms with van der Waals surface area (Å²) in [4.78, 5) is 49.0. The van der Waals surface area contributed by atoms with Crippen LogP contribution in [0.25, 0.3) is 0 Å². The van der Waals surface area contributed by atoms with E-state index in [0.29, 0.717) is 57.2 Å². The molecule has 2 N–H and O–H groups in total. The Morgan fingerprint density at radius 3 is 1.39 bits per heavy atom. The number of hydrazone groups is 2. The number of carbonyl (C=O) groups is 4. The van der Waals surface area contributed by atoms with E-state index >= 15 is 0 Å². The van der Waals surface area contributed by atoms with Gasteiger partial charge in [0.15, 0.2) is 0 Å². The topological polar surface area (TPSA) is 136 Å². The second-order valence-electron chi connectivity index (χ2n) is 13.3. The Morgan fingerprint density at radius 1 is 0.634 bits per heavy atom. The molecule has 0 spiro atoms. The number of carbonyl (C=O) groups excluding carboxylic acids is 4. The van der Waals surface area contributed by atoms with Crippen molar-refractivity contribution in [2.24, 2.45) is 44.7 Å². The van der Waals surface area contributed by atoms with E-state index in [0.717, 1.165) is 37.1 Å². The Labute approximate surface area is 244 Å². The van der Waals surface area contributed by atoms with Crippen LogP contribution in [0.4, 0.5) is 0 Å². The second kappa shape index (κ2) is 14.4. The summed E-state index contributed by atoms with van der Waals surface area (Å²) in [6.45, 7) is 13.3. The van der Waals surface area contributed by atoms with Crippen LogP contribution < -0.4 is 10.9 Å². The largest absolute Gasteiger partial charge is 0.466 e. The molecule has 0 aromatic rings. The average molecular weight is 575 g/mol. The van der Waals surface area contributed by atoms with Crippen LogP contribution >= 0.6 is 0 Å². The lowest BCUT2D eigenvalue weighted by Crippen LogP contribution is -2.49. The summed E-state index contributed by atoms with van der Waals surface area (Å²) >= 11 is 0. The highest BCUT2D eigenvalue weighted by atomic mass is 16.5. The van der Waals surface area contributed by atoms with E-state index in [1.165, 1.54) is 0 Å². The number of rotatable bonds is 0. The maximum Gasteiger partial charge on any atom is 0.305 e. The summed E-state index contributed by atoms with van der Waals surface area (Å²) in [5.74, 6) is 0.386. The molecule has 10 heteroatoms. The van der Waals surface area contributed by atoms with Gasteiger partial charge in [-0.25, -0.2) is 10.9 Å². The Hall–Kier alpha value is -2.78. The van der Waals surface area contributed by atoms with Crippen LogP contribution in [0.2, 0.25) is 0 Å². The van der Waals surface area contributed by atoms with Crippen molar-refractivity contribution in [3.63, 3.8) is 0 Å². The second-order valence-corrected chi connectivity index (χ2v) is 13.3. The standard InChI is InChI=1S/C31H50N4O6/c1-20-24-18-22(30(24,3)4)14-16-40-28(38)12-7-8-13-29(39)41-17-15-23-19-25(31(23,5)6)21(2)33-35-27(37)11-9-10-26(36)34-32-20/h22-25H,7-19H2,1-6H3,(H,34,36)(H,35,37)/b32-20-,33-21-/t22-,23-,24-,25-/m1/s1. The average Bonchev–Trinajstić information content (AvgIpc) is 2.91. The molecule has 4 atom stereocenters. The maximum atomic E-state index is 12.3. The maximum absolute atomic E-state index is 12.3. The van der Waals surface area contributed by atoms with Gasteiger partial charge in [-0.1, -0.05) is 27.7 Å². The van der Waals surface area contributed by atoms with Crippen LogP contribution in [0, 0.1) is 34.5 Å². The molecule has 2 fully saturated rings. The molecule has 0 unspecified atom stereocenters. The zero-order chi connectivity index (χ0) is 30.2. The number of hydrogen-bond acceptors (Lipinski definition) is 8. The van der Waals surface area contributed by atoms with Gasteiger partial charge in [-0.05, 0) is 81.5 Å². The number of ether oxygens (including phenoxy) is 2. The van der Waals surface area contributed by atoms with Gasteiger partial charge in [0.25, 0.3) is 0 Å². The zero-order valence-corrected chi connectivity index (χ0v) is 25.8. The molecule has 2 amide bonds. The highest BCUT2D eigenvalue weighted by Crippen LogP contribution is 2.54. The van der Waals surface area contributed by atoms with E-state index in [-0.39, 0.29) is 59.3 Å². The Bertz CT molecular complexity index is 954. The molecule has 6 rings (SSSR count). The van der Waals surface area contributed by atoms with Crippen molar-refractivity contribution in [2.75, 3.05) is 13.2 Å². The lowest BCUT2D eigenvalue weighted by atomic mass is 9.52. The lowest BCUT2D eigenvalue weighted by Gasteiger charge is -2.52. The molecule has 4 aliphatic heterocycles. The summed E-state index contributed by atoms with van der Waals surface area (Å²) in [6.07, 6.45) is 6.03. The number of esters is 2. The van der Waals surface area contributed by atoms with Gasteiger partial charge < -0.3 is 9.47 Å². The van der Waals surface area contributed by atoms with Crippen molar-refractivity contribution in [3.05, 3.63) is 0 Å². The van der Waals surface area contributed by atoms with Crippen molar-refractivity contribution in [2.45, 2.75) is 112 Å². The predicted molar refractivity (Wildman–Crippen MR) is 157 cm³/mol. The molecule has 4 bridgehead atoms. The van der Waals surface area contributed by atoms with Gasteiger partial charge in [0.1, 0.15) is 0 Å². The first-order chi connectivity index (χ1) is 19.3. The minimum atomic E-state index is -0.228. The quantitative estimate of drug-likeness (QED) is 0.395. The fourth-order valence-electron chi connectivity index (χ4n) is 6.72. The van der Waals surface area contributed by atoms with E-state index in [1.54, 1.807) is 0 Å². The Balaban J connectivity index is 1.56. The van der Waals surface area contributed by atoms with Gasteiger partial charge in [-0.15, -0.1) is 0 Å². The van der Waals surface area contributed by atoms with Crippen LogP contribution in [0.5, 0.6) is 0 Å². The molecular formula is C31H50N4O6. The molecule has 0 saturated heterocycles. The SMILES string of the molecule is C/C1=N/NC(=O)CCCC(=O)N/N=C(/C)[C@H]2C[C@@H](CCOC(=O)CCCCC(=O)OCC[C@@H]3C[C@H]1C3(C)C)C2(C)C. The Kier molecular flexibility index (Phi) is 11.5. The van der Waals surface area contributed by atoms with Gasteiger partial charge in [0, 0.05) is 48.9 Å². The summed E-state index contributed by atoms with van der Waals surface area (Å²) in [6, 6.07) is 0. The minimum Gasteiger partial charge on any atom is -0.466 e. The summed E-state index contributed by atoms with van der Waals surface area (Å²) in [7, 11) is 0. The summed E-state index contributed by atoms with van der Waals surface area (Å²) in [5, 5.41) is 8.68. The summed E-state index contributed by atoms with van der Waals surface area (Å²) < 4.78 is 10.9. The fourth-order valence-corrected chi connectivity index (χ4v) is 6.72. The Morgan fingerprint density at radius 2 is 1.02 bits per heavy atom. The molecule has 0 aromatic carbocycles. The number of hydrogen-bond donors (Lipinski definition) is 2. The predicted octanol–water partition coefficient (Wildman–Crippen LogP) is 4.91. The highest BCUT2D eigenvalue weighted by Gasteiger charge is 2.49. The van der Waals surface area contributed by atoms with E-state index in [4.69, 9.17) is 9.47 Å². The molecule has 4 heterocycles. The van der Waals surface area contributed by atoms with Crippen LogP contribution in [0.3, 0.4) is 0 Å². The van der Waals surface area contributed by atoms with Gasteiger partial charge in [-0.3, -0.25) is 19.2 Å².